The van der Waals surface area contributed by atoms with Crippen LogP contribution in [0.25, 0.3) is 0 Å². The Morgan fingerprint density at radius 3 is 0.877 bits per heavy atom. The van der Waals surface area contributed by atoms with Crippen LogP contribution < -0.4 is 5.32 Å². The van der Waals surface area contributed by atoms with Gasteiger partial charge in [0.15, 0.2) is 0 Å². The van der Waals surface area contributed by atoms with Crippen molar-refractivity contribution in [2.24, 2.45) is 0 Å². The van der Waals surface area contributed by atoms with Crippen molar-refractivity contribution in [2.45, 2.75) is 431 Å². The van der Waals surface area contributed by atoms with Gasteiger partial charge in [0.05, 0.1) is 25.4 Å². The van der Waals surface area contributed by atoms with E-state index in [1.165, 1.54) is 340 Å². The highest BCUT2D eigenvalue weighted by molar-refractivity contribution is 5.76. The number of esters is 1. The first kappa shape index (κ1) is 79.3. The Bertz CT molecular complexity index is 1270. The van der Waals surface area contributed by atoms with Crippen LogP contribution in [0.5, 0.6) is 0 Å². The van der Waals surface area contributed by atoms with Crippen LogP contribution >= 0.6 is 0 Å². The van der Waals surface area contributed by atoms with E-state index in [1.807, 2.05) is 0 Å². The summed E-state index contributed by atoms with van der Waals surface area (Å²) in [5.74, 6) is -0.0182. The number of aliphatic hydroxyl groups is 2. The van der Waals surface area contributed by atoms with Crippen molar-refractivity contribution in [3.63, 3.8) is 0 Å². The van der Waals surface area contributed by atoms with E-state index in [2.05, 4.69) is 43.5 Å². The fourth-order valence-corrected chi connectivity index (χ4v) is 11.8. The summed E-state index contributed by atoms with van der Waals surface area (Å²) >= 11 is 0. The number of rotatable bonds is 70. The summed E-state index contributed by atoms with van der Waals surface area (Å²) in [6.07, 6.45) is 89.6. The van der Waals surface area contributed by atoms with Gasteiger partial charge in [0.25, 0.3) is 0 Å². The van der Waals surface area contributed by atoms with E-state index in [0.717, 1.165) is 44.9 Å². The van der Waals surface area contributed by atoms with Crippen LogP contribution in [0.4, 0.5) is 0 Å². The van der Waals surface area contributed by atoms with Crippen molar-refractivity contribution in [3.05, 3.63) is 24.3 Å². The minimum absolute atomic E-state index is 0.0105. The van der Waals surface area contributed by atoms with E-state index in [4.69, 9.17) is 4.74 Å². The SMILES string of the molecule is CCCCCCCC/C=C\CCCCCCCC(=O)OCCCCCCCCCCCCCC/C=C\CCCCCCCCCCCCCCCCCC(=O)NC(CO)C(O)CCCCCCCCCCCCCCCCCCCC. The fourth-order valence-electron chi connectivity index (χ4n) is 11.8. The normalized spacial score (nSPS) is 12.6. The molecule has 0 heterocycles. The van der Waals surface area contributed by atoms with Crippen molar-refractivity contribution in [1.29, 1.82) is 0 Å². The van der Waals surface area contributed by atoms with E-state index in [9.17, 15) is 19.8 Å². The number of ether oxygens (including phenoxy) is 1. The molecule has 0 radical (unpaired) electrons. The summed E-state index contributed by atoms with van der Waals surface area (Å²) in [7, 11) is 0. The molecule has 0 aromatic heterocycles. The molecule has 6 heteroatoms. The molecule has 0 saturated carbocycles. The summed E-state index contributed by atoms with van der Waals surface area (Å²) in [4.78, 5) is 24.6. The van der Waals surface area contributed by atoms with Gasteiger partial charge in [-0.25, -0.2) is 0 Å². The highest BCUT2D eigenvalue weighted by Gasteiger charge is 2.20. The molecular formula is C75H145NO5. The third-order valence-electron chi connectivity index (χ3n) is 17.5. The Balaban J connectivity index is 3.36. The molecule has 0 aromatic rings. The molecule has 81 heavy (non-hydrogen) atoms. The minimum atomic E-state index is -0.663. The maximum absolute atomic E-state index is 12.5. The summed E-state index contributed by atoms with van der Waals surface area (Å²) in [5, 5.41) is 23.4. The average molecular weight is 1140 g/mol. The molecule has 0 rings (SSSR count). The minimum Gasteiger partial charge on any atom is -0.466 e. The molecule has 0 bridgehead atoms. The smallest absolute Gasteiger partial charge is 0.305 e. The van der Waals surface area contributed by atoms with Gasteiger partial charge in [0.1, 0.15) is 0 Å². The number of hydrogen-bond donors (Lipinski definition) is 3. The van der Waals surface area contributed by atoms with Gasteiger partial charge in [-0.2, -0.15) is 0 Å². The quantitative estimate of drug-likeness (QED) is 0.0320. The van der Waals surface area contributed by atoms with E-state index in [-0.39, 0.29) is 18.5 Å². The lowest BCUT2D eigenvalue weighted by atomic mass is 10.0. The molecule has 0 fully saturated rings. The Labute approximate surface area is 507 Å². The standard InChI is InChI=1S/C75H145NO5/c1-3-5-7-9-11-13-15-17-19-20-36-40-43-47-51-55-59-63-67-73(78)72(71-77)76-74(79)68-64-60-56-52-48-44-41-37-34-32-30-28-26-24-22-21-23-25-27-29-31-33-35-38-42-46-50-54-58-62-66-70-81-75(80)69-65-61-57-53-49-45-39-18-16-14-12-10-8-6-4-2/h18,23,25,39,72-73,77-78H,3-17,19-22,24,26-38,40-71H2,1-2H3,(H,76,79)/b25-23-,39-18-. The number of unbranched alkanes of at least 4 members (excludes halogenated alkanes) is 55. The van der Waals surface area contributed by atoms with Crippen molar-refractivity contribution in [1.82, 2.24) is 5.32 Å². The van der Waals surface area contributed by atoms with Crippen LogP contribution in [0.3, 0.4) is 0 Å². The number of aliphatic hydroxyl groups excluding tert-OH is 2. The lowest BCUT2D eigenvalue weighted by Crippen LogP contribution is -2.45. The number of amides is 1. The number of hydrogen-bond acceptors (Lipinski definition) is 5. The summed E-state index contributed by atoms with van der Waals surface area (Å²) in [6.45, 7) is 4.99. The zero-order valence-electron chi connectivity index (χ0n) is 55.0. The molecule has 0 aromatic carbocycles. The Hall–Kier alpha value is -1.66. The van der Waals surface area contributed by atoms with Crippen LogP contribution in [0.2, 0.25) is 0 Å². The van der Waals surface area contributed by atoms with Gasteiger partial charge >= 0.3 is 5.97 Å². The highest BCUT2D eigenvalue weighted by atomic mass is 16.5. The first-order valence-electron chi connectivity index (χ1n) is 37.1. The lowest BCUT2D eigenvalue weighted by Gasteiger charge is -2.22. The number of carbonyl (C=O) groups is 2. The molecule has 2 unspecified atom stereocenters. The van der Waals surface area contributed by atoms with Crippen LogP contribution in [-0.2, 0) is 14.3 Å². The summed E-state index contributed by atoms with van der Waals surface area (Å²) in [6, 6.07) is -0.540. The first-order valence-corrected chi connectivity index (χ1v) is 37.1. The van der Waals surface area contributed by atoms with Gasteiger partial charge in [-0.05, 0) is 77.0 Å². The van der Waals surface area contributed by atoms with E-state index in [0.29, 0.717) is 25.9 Å². The summed E-state index contributed by atoms with van der Waals surface area (Å²) < 4.78 is 5.49. The fraction of sp³-hybridized carbons (Fsp3) is 0.920. The maximum Gasteiger partial charge on any atom is 0.305 e. The van der Waals surface area contributed by atoms with Crippen LogP contribution in [0.15, 0.2) is 24.3 Å². The second-order valence-electron chi connectivity index (χ2n) is 25.6. The molecule has 0 aliphatic heterocycles. The zero-order valence-corrected chi connectivity index (χ0v) is 55.0. The van der Waals surface area contributed by atoms with Crippen molar-refractivity contribution < 1.29 is 24.5 Å². The molecule has 0 aliphatic carbocycles. The van der Waals surface area contributed by atoms with E-state index >= 15 is 0 Å². The van der Waals surface area contributed by atoms with E-state index < -0.39 is 12.1 Å². The third kappa shape index (κ3) is 67.3. The molecule has 0 saturated heterocycles. The lowest BCUT2D eigenvalue weighted by molar-refractivity contribution is -0.143. The predicted molar refractivity (Wildman–Crippen MR) is 356 cm³/mol. The van der Waals surface area contributed by atoms with Crippen LogP contribution in [-0.4, -0.2) is 47.4 Å². The third-order valence-corrected chi connectivity index (χ3v) is 17.5. The van der Waals surface area contributed by atoms with Gasteiger partial charge in [-0.3, -0.25) is 9.59 Å². The van der Waals surface area contributed by atoms with E-state index in [1.54, 1.807) is 0 Å². The first-order chi connectivity index (χ1) is 40.0. The molecular weight excluding hydrogens is 995 g/mol. The van der Waals surface area contributed by atoms with Gasteiger partial charge in [-0.15, -0.1) is 0 Å². The topological polar surface area (TPSA) is 95.9 Å². The van der Waals surface area contributed by atoms with Crippen molar-refractivity contribution in [3.8, 4) is 0 Å². The molecule has 6 nitrogen and oxygen atoms in total. The molecule has 480 valence electrons. The van der Waals surface area contributed by atoms with Gasteiger partial charge in [-0.1, -0.05) is 353 Å². The Kier molecular flexibility index (Phi) is 69.4. The van der Waals surface area contributed by atoms with Crippen LogP contribution in [0.1, 0.15) is 418 Å². The summed E-state index contributed by atoms with van der Waals surface area (Å²) in [5.41, 5.74) is 0. The highest BCUT2D eigenvalue weighted by Crippen LogP contribution is 2.19. The molecule has 1 amide bonds. The number of nitrogens with one attached hydrogen (secondary N) is 1. The molecule has 2 atom stereocenters. The average Bonchev–Trinajstić information content (AvgIpc) is 3.47. The van der Waals surface area contributed by atoms with Gasteiger partial charge < -0.3 is 20.3 Å². The van der Waals surface area contributed by atoms with Crippen molar-refractivity contribution >= 4 is 11.9 Å². The largest absolute Gasteiger partial charge is 0.466 e. The van der Waals surface area contributed by atoms with Gasteiger partial charge in [0, 0.05) is 12.8 Å². The zero-order chi connectivity index (χ0) is 58.5. The van der Waals surface area contributed by atoms with Crippen molar-refractivity contribution in [2.75, 3.05) is 13.2 Å². The molecule has 0 spiro atoms. The number of carbonyl (C=O) groups excluding carboxylic acids is 2. The second kappa shape index (κ2) is 70.8. The molecule has 3 N–H and O–H groups in total. The second-order valence-corrected chi connectivity index (χ2v) is 25.6. The monoisotopic (exact) mass is 1140 g/mol. The number of allylic oxidation sites excluding steroid dienone is 4. The van der Waals surface area contributed by atoms with Gasteiger partial charge in [0.2, 0.25) is 5.91 Å². The predicted octanol–water partition coefficient (Wildman–Crippen LogP) is 24.1. The van der Waals surface area contributed by atoms with Crippen LogP contribution in [0, 0.1) is 0 Å². The molecule has 0 aliphatic rings. The maximum atomic E-state index is 12.5. The Morgan fingerprint density at radius 1 is 0.333 bits per heavy atom. The Morgan fingerprint density at radius 2 is 0.580 bits per heavy atom.